The molecule has 0 saturated heterocycles. The number of hydrogen-bond donors (Lipinski definition) is 3. The minimum atomic E-state index is -0.467. The van der Waals surface area contributed by atoms with Crippen LogP contribution in [0.3, 0.4) is 0 Å². The van der Waals surface area contributed by atoms with Crippen molar-refractivity contribution in [1.29, 1.82) is 0 Å². The molecule has 1 atom stereocenters. The maximum absolute atomic E-state index is 13.4. The van der Waals surface area contributed by atoms with Gasteiger partial charge in [0.05, 0.1) is 11.9 Å². The summed E-state index contributed by atoms with van der Waals surface area (Å²) in [6, 6.07) is 31.0. The van der Waals surface area contributed by atoms with Crippen molar-refractivity contribution in [2.45, 2.75) is 43.8 Å². The van der Waals surface area contributed by atoms with Crippen molar-refractivity contribution in [3.8, 4) is 5.75 Å². The fraction of sp³-hybridized carbons (Fsp3) is 0.194. The van der Waals surface area contributed by atoms with Crippen molar-refractivity contribution in [2.75, 3.05) is 17.2 Å². The van der Waals surface area contributed by atoms with Crippen LogP contribution in [0.5, 0.6) is 5.75 Å². The molecule has 0 aromatic heterocycles. The number of carbonyl (C=O) groups excluding carboxylic acids is 3. The highest BCUT2D eigenvalue weighted by Crippen LogP contribution is 2.27. The van der Waals surface area contributed by atoms with Crippen molar-refractivity contribution in [2.24, 2.45) is 0 Å². The van der Waals surface area contributed by atoms with Crippen molar-refractivity contribution in [1.82, 2.24) is 5.32 Å². The van der Waals surface area contributed by atoms with E-state index in [1.165, 1.54) is 11.8 Å². The highest BCUT2D eigenvalue weighted by Gasteiger charge is 2.17. The maximum atomic E-state index is 13.4. The van der Waals surface area contributed by atoms with Gasteiger partial charge in [0.2, 0.25) is 5.91 Å². The first-order valence-electron chi connectivity index (χ1n) is 14.6. The second-order valence-corrected chi connectivity index (χ2v) is 11.7. The fourth-order valence-electron chi connectivity index (χ4n) is 4.18. The summed E-state index contributed by atoms with van der Waals surface area (Å²) < 4.78 is 5.69. The van der Waals surface area contributed by atoms with Crippen LogP contribution in [0, 0.1) is 6.92 Å². The van der Waals surface area contributed by atoms with Crippen LogP contribution < -0.4 is 20.7 Å². The number of rotatable bonds is 13. The second-order valence-electron chi connectivity index (χ2n) is 10.2. The number of ether oxygens (including phenoxy) is 1. The van der Waals surface area contributed by atoms with E-state index < -0.39 is 11.2 Å². The van der Waals surface area contributed by atoms with Crippen LogP contribution in [0.15, 0.2) is 114 Å². The molecule has 7 nitrogen and oxygen atoms in total. The molecule has 0 heterocycles. The highest BCUT2D eigenvalue weighted by molar-refractivity contribution is 8.00. The van der Waals surface area contributed by atoms with Gasteiger partial charge in [-0.3, -0.25) is 14.4 Å². The lowest BCUT2D eigenvalue weighted by Crippen LogP contribution is -2.30. The molecule has 4 aromatic carbocycles. The van der Waals surface area contributed by atoms with Gasteiger partial charge >= 0.3 is 0 Å². The van der Waals surface area contributed by atoms with E-state index in [1.807, 2.05) is 80.6 Å². The Morgan fingerprint density at radius 1 is 0.841 bits per heavy atom. The normalized spacial score (nSPS) is 11.8. The molecule has 226 valence electrons. The summed E-state index contributed by atoms with van der Waals surface area (Å²) in [5, 5.41) is 8.20. The third-order valence-corrected chi connectivity index (χ3v) is 7.64. The molecule has 8 heteroatoms. The van der Waals surface area contributed by atoms with E-state index in [1.54, 1.807) is 42.5 Å². The van der Waals surface area contributed by atoms with Crippen LogP contribution in [0.1, 0.15) is 48.2 Å². The number of carbonyl (C=O) groups is 3. The lowest BCUT2D eigenvalue weighted by atomic mass is 10.1. The summed E-state index contributed by atoms with van der Waals surface area (Å²) in [5.41, 5.74) is 3.59. The Kier molecular flexibility index (Phi) is 11.8. The molecule has 0 spiro atoms. The monoisotopic (exact) mass is 607 g/mol. The van der Waals surface area contributed by atoms with E-state index in [0.29, 0.717) is 23.5 Å². The topological polar surface area (TPSA) is 96.5 Å². The number of benzene rings is 4. The van der Waals surface area contributed by atoms with Gasteiger partial charge in [-0.05, 0) is 86.5 Å². The Morgan fingerprint density at radius 2 is 1.59 bits per heavy atom. The molecule has 0 fully saturated rings. The zero-order valence-electron chi connectivity index (χ0n) is 25.1. The maximum Gasteiger partial charge on any atom is 0.272 e. The molecule has 4 rings (SSSR count). The number of aryl methyl sites for hydroxylation is 1. The Morgan fingerprint density at radius 3 is 2.32 bits per heavy atom. The van der Waals surface area contributed by atoms with Gasteiger partial charge in [0, 0.05) is 21.8 Å². The molecule has 0 aliphatic rings. The molecule has 1 unspecified atom stereocenters. The molecule has 0 aliphatic heterocycles. The molecule has 3 amide bonds. The third kappa shape index (κ3) is 9.88. The van der Waals surface area contributed by atoms with Crippen molar-refractivity contribution in [3.05, 3.63) is 126 Å². The van der Waals surface area contributed by atoms with Gasteiger partial charge in [0.25, 0.3) is 11.8 Å². The van der Waals surface area contributed by atoms with E-state index in [-0.39, 0.29) is 17.5 Å². The van der Waals surface area contributed by atoms with Gasteiger partial charge in [0.15, 0.2) is 0 Å². The number of unbranched alkanes of at least 4 members (excludes halogenated alkanes) is 1. The molecule has 0 aliphatic carbocycles. The summed E-state index contributed by atoms with van der Waals surface area (Å²) in [5.74, 6) is -0.223. The fourth-order valence-corrected chi connectivity index (χ4v) is 5.11. The summed E-state index contributed by atoms with van der Waals surface area (Å²) in [6.07, 6.45) is 3.71. The quantitative estimate of drug-likeness (QED) is 0.0822. The van der Waals surface area contributed by atoms with E-state index in [2.05, 4.69) is 22.9 Å². The van der Waals surface area contributed by atoms with E-state index in [9.17, 15) is 14.4 Å². The molecular weight excluding hydrogens is 570 g/mol. The minimum absolute atomic E-state index is 0.108. The molecule has 4 aromatic rings. The lowest BCUT2D eigenvalue weighted by molar-refractivity contribution is -0.115. The molecule has 0 saturated carbocycles. The van der Waals surface area contributed by atoms with Gasteiger partial charge in [-0.15, -0.1) is 11.8 Å². The van der Waals surface area contributed by atoms with Crippen LogP contribution in [0.4, 0.5) is 11.4 Å². The number of anilines is 2. The molecule has 44 heavy (non-hydrogen) atoms. The average molecular weight is 608 g/mol. The second kappa shape index (κ2) is 16.1. The first-order valence-corrected chi connectivity index (χ1v) is 15.4. The third-order valence-electron chi connectivity index (χ3n) is 6.54. The van der Waals surface area contributed by atoms with E-state index in [4.69, 9.17) is 4.74 Å². The van der Waals surface area contributed by atoms with Crippen LogP contribution in [-0.2, 0) is 9.59 Å². The lowest BCUT2D eigenvalue weighted by Gasteiger charge is -2.14. The summed E-state index contributed by atoms with van der Waals surface area (Å²) in [6.45, 7) is 6.57. The van der Waals surface area contributed by atoms with E-state index in [0.717, 1.165) is 34.6 Å². The Hall–Kier alpha value is -4.82. The Balaban J connectivity index is 1.41. The average Bonchev–Trinajstić information content (AvgIpc) is 3.02. The number of amides is 3. The zero-order chi connectivity index (χ0) is 31.3. The van der Waals surface area contributed by atoms with Crippen LogP contribution in [-0.4, -0.2) is 29.6 Å². The van der Waals surface area contributed by atoms with Gasteiger partial charge in [0.1, 0.15) is 11.4 Å². The Bertz CT molecular complexity index is 1600. The summed E-state index contributed by atoms with van der Waals surface area (Å²) in [4.78, 5) is 40.1. The number of thioether (sulfide) groups is 1. The van der Waals surface area contributed by atoms with Gasteiger partial charge in [-0.25, -0.2) is 0 Å². The molecular formula is C36H37N3O4S. The van der Waals surface area contributed by atoms with Crippen LogP contribution in [0.25, 0.3) is 6.08 Å². The number of hydrogen-bond acceptors (Lipinski definition) is 5. The molecule has 0 bridgehead atoms. The van der Waals surface area contributed by atoms with Crippen molar-refractivity contribution in [3.63, 3.8) is 0 Å². The Labute approximate surface area is 263 Å². The number of nitrogens with one attached hydrogen (secondary N) is 3. The zero-order valence-corrected chi connectivity index (χ0v) is 25.9. The molecule has 0 radical (unpaired) electrons. The summed E-state index contributed by atoms with van der Waals surface area (Å²) >= 11 is 1.38. The highest BCUT2D eigenvalue weighted by atomic mass is 32.2. The first kappa shape index (κ1) is 32.1. The van der Waals surface area contributed by atoms with Crippen molar-refractivity contribution < 1.29 is 19.1 Å². The first-order chi connectivity index (χ1) is 21.3. The van der Waals surface area contributed by atoms with Gasteiger partial charge in [-0.1, -0.05) is 67.4 Å². The van der Waals surface area contributed by atoms with Crippen molar-refractivity contribution >= 4 is 46.9 Å². The van der Waals surface area contributed by atoms with Crippen LogP contribution in [0.2, 0.25) is 0 Å². The predicted octanol–water partition coefficient (Wildman–Crippen LogP) is 7.70. The van der Waals surface area contributed by atoms with Gasteiger partial charge < -0.3 is 20.7 Å². The van der Waals surface area contributed by atoms with E-state index >= 15 is 0 Å². The smallest absolute Gasteiger partial charge is 0.272 e. The van der Waals surface area contributed by atoms with Crippen LogP contribution >= 0.6 is 11.8 Å². The minimum Gasteiger partial charge on any atom is -0.494 e. The molecule has 3 N–H and O–H groups in total. The largest absolute Gasteiger partial charge is 0.494 e. The SMILES string of the molecule is CCCCOc1ccc(NC(=O)C(C)Sc2cccc(NC(=O)/C(=C\c3cccc(C)c3)NC(=O)c3ccccc3)c2)cc1. The van der Waals surface area contributed by atoms with Gasteiger partial charge in [-0.2, -0.15) is 0 Å². The standard InChI is InChI=1S/C36H37N3O4S/c1-4-5-21-43-31-19-17-29(18-20-31)37-34(40)26(3)44-32-16-10-15-30(24-32)38-36(42)33(23-27-12-9-11-25(2)22-27)39-35(41)28-13-7-6-8-14-28/h6-20,22-24,26H,4-5,21H2,1-3H3,(H,37,40)(H,38,42)(H,39,41)/b33-23+. The summed E-state index contributed by atoms with van der Waals surface area (Å²) in [7, 11) is 0. The predicted molar refractivity (Wildman–Crippen MR) is 179 cm³/mol.